The van der Waals surface area contributed by atoms with Crippen molar-refractivity contribution in [1.82, 2.24) is 14.7 Å². The molecule has 0 radical (unpaired) electrons. The van der Waals surface area contributed by atoms with E-state index in [9.17, 15) is 4.79 Å². The standard InChI is InChI=1S/C29H33N3O.C2H2O4/c33-29(27-13-11-26(12-14-27)25-9-5-2-6-10-25)32-21-19-31(20-22-32)28-15-17-30(18-16-28)23-24-7-3-1-4-8-24;3-1(4)2(5)6/h1-14,28H,15-23H2;(H,3,4)(H,5,6). The quantitative estimate of drug-likeness (QED) is 0.483. The first-order valence-electron chi connectivity index (χ1n) is 13.3. The van der Waals surface area contributed by atoms with E-state index in [1.54, 1.807) is 0 Å². The molecule has 8 nitrogen and oxygen atoms in total. The Morgan fingerprint density at radius 2 is 1.15 bits per heavy atom. The van der Waals surface area contributed by atoms with Gasteiger partial charge in [0.15, 0.2) is 0 Å². The Bertz CT molecular complexity index is 1210. The van der Waals surface area contributed by atoms with Gasteiger partial charge in [-0.15, -0.1) is 0 Å². The van der Waals surface area contributed by atoms with E-state index < -0.39 is 11.9 Å². The molecule has 0 spiro atoms. The molecule has 2 N–H and O–H groups in total. The molecule has 2 fully saturated rings. The maximum absolute atomic E-state index is 13.0. The molecule has 0 saturated carbocycles. The summed E-state index contributed by atoms with van der Waals surface area (Å²) in [5.74, 6) is -3.49. The number of hydrogen-bond acceptors (Lipinski definition) is 5. The fourth-order valence-electron chi connectivity index (χ4n) is 5.19. The highest BCUT2D eigenvalue weighted by Gasteiger charge is 2.29. The van der Waals surface area contributed by atoms with Crippen molar-refractivity contribution in [3.8, 4) is 11.1 Å². The number of likely N-dealkylation sites (tertiary alicyclic amines) is 1. The number of aliphatic carboxylic acids is 2. The van der Waals surface area contributed by atoms with E-state index in [2.05, 4.69) is 64.4 Å². The lowest BCUT2D eigenvalue weighted by Crippen LogP contribution is -2.54. The minimum Gasteiger partial charge on any atom is -0.473 e. The van der Waals surface area contributed by atoms with Crippen molar-refractivity contribution in [3.63, 3.8) is 0 Å². The number of hydrogen-bond donors (Lipinski definition) is 2. The molecular weight excluding hydrogens is 494 g/mol. The van der Waals surface area contributed by atoms with Crippen molar-refractivity contribution in [3.05, 3.63) is 96.1 Å². The second-order valence-electron chi connectivity index (χ2n) is 9.87. The van der Waals surface area contributed by atoms with Crippen molar-refractivity contribution in [2.75, 3.05) is 39.3 Å². The van der Waals surface area contributed by atoms with Crippen LogP contribution >= 0.6 is 0 Å². The summed E-state index contributed by atoms with van der Waals surface area (Å²) in [6.07, 6.45) is 2.45. The van der Waals surface area contributed by atoms with Crippen molar-refractivity contribution >= 4 is 17.8 Å². The Balaban J connectivity index is 0.000000531. The van der Waals surface area contributed by atoms with E-state index in [0.717, 1.165) is 56.9 Å². The van der Waals surface area contributed by atoms with Crippen molar-refractivity contribution < 1.29 is 24.6 Å². The van der Waals surface area contributed by atoms with E-state index >= 15 is 0 Å². The molecule has 2 saturated heterocycles. The lowest BCUT2D eigenvalue weighted by atomic mass is 10.0. The van der Waals surface area contributed by atoms with Gasteiger partial charge >= 0.3 is 11.9 Å². The van der Waals surface area contributed by atoms with E-state index in [4.69, 9.17) is 19.8 Å². The number of nitrogens with zero attached hydrogens (tertiary/aromatic N) is 3. The lowest BCUT2D eigenvalue weighted by molar-refractivity contribution is -0.159. The smallest absolute Gasteiger partial charge is 0.414 e. The number of rotatable bonds is 5. The van der Waals surface area contributed by atoms with Crippen LogP contribution in [0.2, 0.25) is 0 Å². The first-order chi connectivity index (χ1) is 18.9. The third-order valence-electron chi connectivity index (χ3n) is 7.35. The Labute approximate surface area is 229 Å². The Morgan fingerprint density at radius 1 is 0.641 bits per heavy atom. The third kappa shape index (κ3) is 7.99. The highest BCUT2D eigenvalue weighted by molar-refractivity contribution is 6.27. The van der Waals surface area contributed by atoms with Crippen LogP contribution in [0, 0.1) is 0 Å². The van der Waals surface area contributed by atoms with Crippen LogP contribution in [0.4, 0.5) is 0 Å². The molecule has 3 aromatic carbocycles. The molecule has 1 amide bonds. The van der Waals surface area contributed by atoms with Crippen LogP contribution in [0.5, 0.6) is 0 Å². The van der Waals surface area contributed by atoms with Gasteiger partial charge in [-0.1, -0.05) is 72.8 Å². The van der Waals surface area contributed by atoms with Gasteiger partial charge in [0.25, 0.3) is 5.91 Å². The largest absolute Gasteiger partial charge is 0.473 e. The molecule has 0 bridgehead atoms. The molecule has 5 rings (SSSR count). The van der Waals surface area contributed by atoms with Gasteiger partial charge in [0, 0.05) is 44.3 Å². The molecule has 204 valence electrons. The first-order valence-corrected chi connectivity index (χ1v) is 13.3. The minimum absolute atomic E-state index is 0.159. The Hall–Kier alpha value is -4.01. The predicted molar refractivity (Wildman–Crippen MR) is 149 cm³/mol. The summed E-state index contributed by atoms with van der Waals surface area (Å²) in [7, 11) is 0. The monoisotopic (exact) mass is 529 g/mol. The Morgan fingerprint density at radius 3 is 1.69 bits per heavy atom. The summed E-state index contributed by atoms with van der Waals surface area (Å²) < 4.78 is 0. The van der Waals surface area contributed by atoms with Crippen LogP contribution in [0.1, 0.15) is 28.8 Å². The highest BCUT2D eigenvalue weighted by Crippen LogP contribution is 2.22. The van der Waals surface area contributed by atoms with Gasteiger partial charge in [-0.25, -0.2) is 9.59 Å². The summed E-state index contributed by atoms with van der Waals surface area (Å²) in [6, 6.07) is 29.8. The fourth-order valence-corrected chi connectivity index (χ4v) is 5.19. The van der Waals surface area contributed by atoms with Gasteiger partial charge in [0.1, 0.15) is 0 Å². The van der Waals surface area contributed by atoms with Crippen molar-refractivity contribution in [2.45, 2.75) is 25.4 Å². The number of carboxylic acid groups (broad SMARTS) is 2. The number of carboxylic acids is 2. The summed E-state index contributed by atoms with van der Waals surface area (Å²) in [4.78, 5) is 38.5. The first kappa shape index (κ1) is 28.0. The van der Waals surface area contributed by atoms with E-state index in [-0.39, 0.29) is 5.91 Å². The van der Waals surface area contributed by atoms with E-state index in [1.807, 2.05) is 35.2 Å². The molecule has 3 aromatic rings. The predicted octanol–water partition coefficient (Wildman–Crippen LogP) is 3.93. The number of amides is 1. The number of piperidine rings is 1. The lowest BCUT2D eigenvalue weighted by Gasteiger charge is -2.42. The molecule has 39 heavy (non-hydrogen) atoms. The number of piperazine rings is 1. The van der Waals surface area contributed by atoms with E-state index in [0.29, 0.717) is 6.04 Å². The van der Waals surface area contributed by atoms with Crippen LogP contribution in [0.15, 0.2) is 84.9 Å². The second kappa shape index (κ2) is 13.7. The Kier molecular flexibility index (Phi) is 9.83. The van der Waals surface area contributed by atoms with Crippen LogP contribution in [-0.4, -0.2) is 88.1 Å². The molecule has 8 heteroatoms. The highest BCUT2D eigenvalue weighted by atomic mass is 16.4. The topological polar surface area (TPSA) is 101 Å². The van der Waals surface area contributed by atoms with Gasteiger partial charge in [-0.2, -0.15) is 0 Å². The van der Waals surface area contributed by atoms with Gasteiger partial charge in [0.2, 0.25) is 0 Å². The van der Waals surface area contributed by atoms with Gasteiger partial charge in [-0.3, -0.25) is 14.6 Å². The zero-order valence-corrected chi connectivity index (χ0v) is 22.0. The molecule has 0 atom stereocenters. The van der Waals surface area contributed by atoms with Gasteiger partial charge < -0.3 is 15.1 Å². The van der Waals surface area contributed by atoms with Crippen LogP contribution in [0.3, 0.4) is 0 Å². The number of carbonyl (C=O) groups is 3. The average molecular weight is 530 g/mol. The normalized spacial score (nSPS) is 16.7. The van der Waals surface area contributed by atoms with Gasteiger partial charge in [-0.05, 0) is 54.8 Å². The second-order valence-corrected chi connectivity index (χ2v) is 9.87. The molecule has 0 unspecified atom stereocenters. The molecule has 0 aliphatic carbocycles. The molecule has 2 aliphatic rings. The summed E-state index contributed by atoms with van der Waals surface area (Å²) in [6.45, 7) is 6.99. The van der Waals surface area contributed by atoms with Gasteiger partial charge in [0.05, 0.1) is 0 Å². The van der Waals surface area contributed by atoms with Crippen LogP contribution in [-0.2, 0) is 16.1 Å². The zero-order chi connectivity index (χ0) is 27.6. The van der Waals surface area contributed by atoms with Crippen molar-refractivity contribution in [1.29, 1.82) is 0 Å². The maximum Gasteiger partial charge on any atom is 0.414 e. The zero-order valence-electron chi connectivity index (χ0n) is 22.0. The minimum atomic E-state index is -1.82. The third-order valence-corrected chi connectivity index (χ3v) is 7.35. The number of benzene rings is 3. The fraction of sp³-hybridized carbons (Fsp3) is 0.323. The van der Waals surface area contributed by atoms with E-state index in [1.165, 1.54) is 24.0 Å². The average Bonchev–Trinajstić information content (AvgIpc) is 2.99. The summed E-state index contributed by atoms with van der Waals surface area (Å²) >= 11 is 0. The summed E-state index contributed by atoms with van der Waals surface area (Å²) in [5.41, 5.74) is 4.52. The molecule has 2 aliphatic heterocycles. The van der Waals surface area contributed by atoms with Crippen LogP contribution < -0.4 is 0 Å². The maximum atomic E-state index is 13.0. The molecular formula is C31H35N3O5. The van der Waals surface area contributed by atoms with Crippen LogP contribution in [0.25, 0.3) is 11.1 Å². The van der Waals surface area contributed by atoms with Crippen molar-refractivity contribution in [2.24, 2.45) is 0 Å². The summed E-state index contributed by atoms with van der Waals surface area (Å²) in [5, 5.41) is 14.8. The molecule has 2 heterocycles. The number of carbonyl (C=O) groups excluding carboxylic acids is 1. The SMILES string of the molecule is O=C(O)C(=O)O.O=C(c1ccc(-c2ccccc2)cc1)N1CCN(C2CCN(Cc3ccccc3)CC2)CC1. The molecule has 0 aromatic heterocycles.